The highest BCUT2D eigenvalue weighted by atomic mass is 16.6. The van der Waals surface area contributed by atoms with Crippen molar-refractivity contribution >= 4 is 17.5 Å². The molecule has 7 nitrogen and oxygen atoms in total. The van der Waals surface area contributed by atoms with Crippen molar-refractivity contribution in [3.05, 3.63) is 71.0 Å². The minimum atomic E-state index is -0.632. The molecule has 1 aromatic carbocycles. The molecule has 0 bridgehead atoms. The SMILES string of the molecule is Cc1cccn2c(C(C)(C)NC(=O)c3cccc4c3OCCN(C(=O)OC(C)(C)C)C4)ccc12. The van der Waals surface area contributed by atoms with Gasteiger partial charge in [0.2, 0.25) is 0 Å². The summed E-state index contributed by atoms with van der Waals surface area (Å²) in [7, 11) is 0. The van der Waals surface area contributed by atoms with Crippen LogP contribution >= 0.6 is 0 Å². The number of hydrogen-bond donors (Lipinski definition) is 1. The number of aromatic nitrogens is 1. The average Bonchev–Trinajstić information content (AvgIpc) is 3.07. The van der Waals surface area contributed by atoms with E-state index in [2.05, 4.69) is 28.8 Å². The molecule has 0 atom stereocenters. The summed E-state index contributed by atoms with van der Waals surface area (Å²) in [5.41, 5.74) is 3.28. The monoisotopic (exact) mass is 463 g/mol. The number of aryl methyl sites for hydroxylation is 1. The molecule has 0 unspecified atom stereocenters. The Morgan fingerprint density at radius 3 is 2.53 bits per heavy atom. The van der Waals surface area contributed by atoms with E-state index >= 15 is 0 Å². The Morgan fingerprint density at radius 1 is 1.03 bits per heavy atom. The summed E-state index contributed by atoms with van der Waals surface area (Å²) in [5.74, 6) is 0.285. The number of amides is 2. The molecule has 180 valence electrons. The number of benzene rings is 1. The maximum Gasteiger partial charge on any atom is 0.410 e. The number of rotatable bonds is 3. The van der Waals surface area contributed by atoms with Gasteiger partial charge in [-0.15, -0.1) is 0 Å². The lowest BCUT2D eigenvalue weighted by Gasteiger charge is -2.27. The third-order valence-corrected chi connectivity index (χ3v) is 5.93. The van der Waals surface area contributed by atoms with E-state index in [1.165, 1.54) is 5.56 Å². The van der Waals surface area contributed by atoms with Gasteiger partial charge in [-0.2, -0.15) is 0 Å². The minimum Gasteiger partial charge on any atom is -0.491 e. The minimum absolute atomic E-state index is 0.227. The number of hydrogen-bond acceptors (Lipinski definition) is 4. The topological polar surface area (TPSA) is 72.3 Å². The summed E-state index contributed by atoms with van der Waals surface area (Å²) in [6.45, 7) is 12.5. The van der Waals surface area contributed by atoms with Crippen molar-refractivity contribution in [3.8, 4) is 5.75 Å². The van der Waals surface area contributed by atoms with E-state index in [-0.39, 0.29) is 12.5 Å². The van der Waals surface area contributed by atoms with Crippen molar-refractivity contribution in [3.63, 3.8) is 0 Å². The summed E-state index contributed by atoms with van der Waals surface area (Å²) in [6.07, 6.45) is 1.62. The Labute approximate surface area is 200 Å². The number of carbonyl (C=O) groups excluding carboxylic acids is 2. The van der Waals surface area contributed by atoms with Gasteiger partial charge in [0.05, 0.1) is 24.2 Å². The quantitative estimate of drug-likeness (QED) is 0.591. The molecule has 0 saturated carbocycles. The van der Waals surface area contributed by atoms with Crippen molar-refractivity contribution in [2.24, 2.45) is 0 Å². The molecular weight excluding hydrogens is 430 g/mol. The van der Waals surface area contributed by atoms with Crippen LogP contribution in [0.4, 0.5) is 4.79 Å². The predicted octanol–water partition coefficient (Wildman–Crippen LogP) is 5.04. The molecule has 2 amide bonds. The number of fused-ring (bicyclic) bond motifs is 2. The normalized spacial score (nSPS) is 14.2. The zero-order valence-electron chi connectivity index (χ0n) is 20.8. The molecule has 34 heavy (non-hydrogen) atoms. The van der Waals surface area contributed by atoms with Gasteiger partial charge in [0.1, 0.15) is 18.0 Å². The second-order valence-corrected chi connectivity index (χ2v) is 10.3. The lowest BCUT2D eigenvalue weighted by atomic mass is 9.99. The fourth-order valence-electron chi connectivity index (χ4n) is 4.30. The van der Waals surface area contributed by atoms with Crippen molar-refractivity contribution in [1.82, 2.24) is 14.6 Å². The van der Waals surface area contributed by atoms with Gasteiger partial charge in [-0.3, -0.25) is 4.79 Å². The standard InChI is InChI=1S/C27H33N3O4/c1-18-9-8-14-30-21(18)12-13-22(30)27(5,6)28-24(31)20-11-7-10-19-17-29(15-16-33-23(19)20)25(32)34-26(2,3)4/h7-14H,15-17H2,1-6H3,(H,28,31). The fourth-order valence-corrected chi connectivity index (χ4v) is 4.30. The Morgan fingerprint density at radius 2 is 1.79 bits per heavy atom. The maximum atomic E-state index is 13.4. The first-order chi connectivity index (χ1) is 16.0. The summed E-state index contributed by atoms with van der Waals surface area (Å²) in [6, 6.07) is 13.6. The van der Waals surface area contributed by atoms with Crippen molar-refractivity contribution < 1.29 is 19.1 Å². The largest absolute Gasteiger partial charge is 0.491 e. The van der Waals surface area contributed by atoms with Gasteiger partial charge >= 0.3 is 6.09 Å². The van der Waals surface area contributed by atoms with Crippen LogP contribution in [0.1, 0.15) is 61.8 Å². The van der Waals surface area contributed by atoms with Crippen LogP contribution in [0.3, 0.4) is 0 Å². The fraction of sp³-hybridized carbons (Fsp3) is 0.407. The average molecular weight is 464 g/mol. The van der Waals surface area contributed by atoms with Crippen molar-refractivity contribution in [2.75, 3.05) is 13.2 Å². The van der Waals surface area contributed by atoms with Crippen LogP contribution in [-0.4, -0.2) is 40.1 Å². The highest BCUT2D eigenvalue weighted by molar-refractivity contribution is 5.98. The number of nitrogens with one attached hydrogen (secondary N) is 1. The Hall–Kier alpha value is -3.48. The van der Waals surface area contributed by atoms with Gasteiger partial charge in [-0.25, -0.2) is 4.79 Å². The first-order valence-electron chi connectivity index (χ1n) is 11.6. The van der Waals surface area contributed by atoms with Gasteiger partial charge < -0.3 is 24.1 Å². The van der Waals surface area contributed by atoms with Crippen LogP contribution in [0, 0.1) is 6.92 Å². The number of nitrogens with zero attached hydrogens (tertiary/aromatic N) is 2. The molecule has 0 spiro atoms. The number of para-hydroxylation sites is 1. The van der Waals surface area contributed by atoms with E-state index < -0.39 is 17.2 Å². The zero-order valence-corrected chi connectivity index (χ0v) is 20.8. The van der Waals surface area contributed by atoms with Crippen LogP contribution in [0.2, 0.25) is 0 Å². The summed E-state index contributed by atoms with van der Waals surface area (Å²) in [5, 5.41) is 3.18. The Balaban J connectivity index is 1.58. The Kier molecular flexibility index (Phi) is 6.06. The third kappa shape index (κ3) is 4.74. The van der Waals surface area contributed by atoms with E-state index in [0.29, 0.717) is 24.4 Å². The number of pyridine rings is 1. The first kappa shape index (κ1) is 23.7. The lowest BCUT2D eigenvalue weighted by molar-refractivity contribution is 0.0225. The molecule has 7 heteroatoms. The summed E-state index contributed by atoms with van der Waals surface area (Å²) < 4.78 is 13.6. The van der Waals surface area contributed by atoms with Crippen molar-refractivity contribution in [2.45, 2.75) is 59.2 Å². The number of carbonyl (C=O) groups is 2. The highest BCUT2D eigenvalue weighted by Gasteiger charge is 2.30. The number of ether oxygens (including phenoxy) is 2. The van der Waals surface area contributed by atoms with Crippen LogP contribution in [0.5, 0.6) is 5.75 Å². The maximum absolute atomic E-state index is 13.4. The Bertz CT molecular complexity index is 1240. The molecule has 1 N–H and O–H groups in total. The highest BCUT2D eigenvalue weighted by Crippen LogP contribution is 2.30. The molecule has 1 aliphatic heterocycles. The molecule has 3 aromatic rings. The molecule has 0 fully saturated rings. The van der Waals surface area contributed by atoms with Crippen LogP contribution in [-0.2, 0) is 16.8 Å². The molecule has 0 radical (unpaired) electrons. The molecule has 3 heterocycles. The second kappa shape index (κ2) is 8.70. The van der Waals surface area contributed by atoms with E-state index in [1.807, 2.05) is 65.1 Å². The van der Waals surface area contributed by atoms with Gasteiger partial charge in [-0.05, 0) is 71.4 Å². The van der Waals surface area contributed by atoms with Gasteiger partial charge in [0.15, 0.2) is 0 Å². The van der Waals surface area contributed by atoms with E-state index in [0.717, 1.165) is 16.8 Å². The second-order valence-electron chi connectivity index (χ2n) is 10.3. The van der Waals surface area contributed by atoms with E-state index in [1.54, 1.807) is 11.0 Å². The lowest BCUT2D eigenvalue weighted by Crippen LogP contribution is -2.42. The predicted molar refractivity (Wildman–Crippen MR) is 131 cm³/mol. The van der Waals surface area contributed by atoms with Crippen LogP contribution in [0.25, 0.3) is 5.52 Å². The molecule has 1 aliphatic rings. The zero-order chi connectivity index (χ0) is 24.7. The van der Waals surface area contributed by atoms with Crippen molar-refractivity contribution in [1.29, 1.82) is 0 Å². The van der Waals surface area contributed by atoms with Gasteiger partial charge in [-0.1, -0.05) is 18.2 Å². The molecule has 0 saturated heterocycles. The first-order valence-corrected chi connectivity index (χ1v) is 11.6. The third-order valence-electron chi connectivity index (χ3n) is 5.93. The molecule has 2 aromatic heterocycles. The molecule has 0 aliphatic carbocycles. The van der Waals surface area contributed by atoms with E-state index in [4.69, 9.17) is 9.47 Å². The van der Waals surface area contributed by atoms with Crippen LogP contribution in [0.15, 0.2) is 48.7 Å². The van der Waals surface area contributed by atoms with Gasteiger partial charge in [0, 0.05) is 23.0 Å². The van der Waals surface area contributed by atoms with Crippen LogP contribution < -0.4 is 10.1 Å². The summed E-state index contributed by atoms with van der Waals surface area (Å²) >= 11 is 0. The molecular formula is C27H33N3O4. The smallest absolute Gasteiger partial charge is 0.410 e. The summed E-state index contributed by atoms with van der Waals surface area (Å²) in [4.78, 5) is 27.7. The van der Waals surface area contributed by atoms with E-state index in [9.17, 15) is 9.59 Å². The molecule has 4 rings (SSSR count). The van der Waals surface area contributed by atoms with Gasteiger partial charge in [0.25, 0.3) is 5.91 Å².